The Balaban J connectivity index is 2.00. The van der Waals surface area contributed by atoms with E-state index < -0.39 is 11.3 Å². The summed E-state index contributed by atoms with van der Waals surface area (Å²) < 4.78 is 0. The summed E-state index contributed by atoms with van der Waals surface area (Å²) in [5, 5.41) is 0. The van der Waals surface area contributed by atoms with Crippen molar-refractivity contribution in [3.8, 4) is 0 Å². The molecule has 5 nitrogen and oxygen atoms in total. The van der Waals surface area contributed by atoms with Gasteiger partial charge in [-0.05, 0) is 19.9 Å². The minimum atomic E-state index is -0.837. The Morgan fingerprint density at radius 2 is 1.67 bits per heavy atom. The van der Waals surface area contributed by atoms with Gasteiger partial charge < -0.3 is 15.5 Å². The molecule has 0 bridgehead atoms. The van der Waals surface area contributed by atoms with Gasteiger partial charge in [-0.25, -0.2) is 0 Å². The quantitative estimate of drug-likeness (QED) is 0.597. The van der Waals surface area contributed by atoms with Crippen molar-refractivity contribution >= 4 is 11.8 Å². The van der Waals surface area contributed by atoms with Crippen molar-refractivity contribution in [2.75, 3.05) is 33.2 Å². The number of amides is 2. The number of nitrogens with zero attached hydrogens (tertiary/aromatic N) is 2. The van der Waals surface area contributed by atoms with Crippen molar-refractivity contribution in [1.82, 2.24) is 9.80 Å². The average molecular weight is 211 g/mol. The number of piperazine rings is 1. The van der Waals surface area contributed by atoms with E-state index in [2.05, 4.69) is 4.90 Å². The molecule has 2 amide bonds. The molecular weight excluding hydrogens is 194 g/mol. The monoisotopic (exact) mass is 211 g/mol. The van der Waals surface area contributed by atoms with E-state index in [1.165, 1.54) is 0 Å². The van der Waals surface area contributed by atoms with Gasteiger partial charge in [-0.2, -0.15) is 0 Å². The number of carbonyl (C=O) groups excluding carboxylic acids is 2. The molecule has 0 radical (unpaired) electrons. The van der Waals surface area contributed by atoms with Gasteiger partial charge in [0, 0.05) is 26.2 Å². The lowest BCUT2D eigenvalue weighted by Crippen LogP contribution is -2.51. The maximum absolute atomic E-state index is 12.0. The van der Waals surface area contributed by atoms with Gasteiger partial charge in [0.05, 0.1) is 0 Å². The second-order valence-electron chi connectivity index (χ2n) is 4.54. The summed E-state index contributed by atoms with van der Waals surface area (Å²) in [6.07, 6.45) is 1.26. The Kier molecular flexibility index (Phi) is 2.42. The highest BCUT2D eigenvalue weighted by Gasteiger charge is 2.57. The number of carbonyl (C=O) groups is 2. The lowest BCUT2D eigenvalue weighted by Gasteiger charge is -2.34. The fourth-order valence-corrected chi connectivity index (χ4v) is 2.00. The van der Waals surface area contributed by atoms with Gasteiger partial charge in [0.25, 0.3) is 0 Å². The van der Waals surface area contributed by atoms with Crippen molar-refractivity contribution in [2.45, 2.75) is 12.8 Å². The molecule has 2 aliphatic rings. The van der Waals surface area contributed by atoms with Gasteiger partial charge >= 0.3 is 0 Å². The Labute approximate surface area is 89.2 Å². The normalized spacial score (nSPS) is 25.0. The maximum atomic E-state index is 12.0. The summed E-state index contributed by atoms with van der Waals surface area (Å²) in [6.45, 7) is 3.18. The number of likely N-dealkylation sites (N-methyl/N-ethyl adjacent to an activating group) is 1. The molecule has 0 spiro atoms. The first-order valence-corrected chi connectivity index (χ1v) is 5.34. The molecule has 0 unspecified atom stereocenters. The minimum Gasteiger partial charge on any atom is -0.369 e. The van der Waals surface area contributed by atoms with Crippen molar-refractivity contribution in [1.29, 1.82) is 0 Å². The van der Waals surface area contributed by atoms with Gasteiger partial charge in [0.15, 0.2) is 0 Å². The fraction of sp³-hybridized carbons (Fsp3) is 0.800. The highest BCUT2D eigenvalue weighted by atomic mass is 16.2. The van der Waals surface area contributed by atoms with Crippen LogP contribution < -0.4 is 5.73 Å². The maximum Gasteiger partial charge on any atom is 0.238 e. The van der Waals surface area contributed by atoms with Crippen molar-refractivity contribution in [3.63, 3.8) is 0 Å². The average Bonchev–Trinajstić information content (AvgIpc) is 2.98. The highest BCUT2D eigenvalue weighted by molar-refractivity contribution is 6.07. The van der Waals surface area contributed by atoms with Crippen molar-refractivity contribution in [2.24, 2.45) is 11.1 Å². The number of hydrogen-bond acceptors (Lipinski definition) is 3. The molecule has 1 aliphatic carbocycles. The van der Waals surface area contributed by atoms with Crippen LogP contribution in [0.3, 0.4) is 0 Å². The molecule has 0 aromatic rings. The van der Waals surface area contributed by atoms with Crippen LogP contribution in [0.25, 0.3) is 0 Å². The number of primary amides is 1. The molecule has 1 saturated heterocycles. The third kappa shape index (κ3) is 1.71. The smallest absolute Gasteiger partial charge is 0.238 e. The van der Waals surface area contributed by atoms with Crippen LogP contribution in [-0.4, -0.2) is 54.8 Å². The van der Waals surface area contributed by atoms with E-state index >= 15 is 0 Å². The van der Waals surface area contributed by atoms with Crippen LogP contribution in [0.15, 0.2) is 0 Å². The van der Waals surface area contributed by atoms with Crippen LogP contribution >= 0.6 is 0 Å². The van der Waals surface area contributed by atoms with E-state index in [0.29, 0.717) is 25.9 Å². The molecule has 5 heteroatoms. The lowest BCUT2D eigenvalue weighted by atomic mass is 10.0. The zero-order valence-electron chi connectivity index (χ0n) is 9.03. The fourth-order valence-electron chi connectivity index (χ4n) is 2.00. The van der Waals surface area contributed by atoms with Crippen LogP contribution in [0.2, 0.25) is 0 Å². The number of rotatable bonds is 2. The molecular formula is C10H17N3O2. The van der Waals surface area contributed by atoms with Crippen LogP contribution in [0.1, 0.15) is 12.8 Å². The lowest BCUT2D eigenvalue weighted by molar-refractivity contribution is -0.144. The Bertz CT molecular complexity index is 291. The molecule has 1 heterocycles. The predicted octanol–water partition coefficient (Wildman–Crippen LogP) is -0.974. The largest absolute Gasteiger partial charge is 0.369 e. The summed E-state index contributed by atoms with van der Waals surface area (Å²) >= 11 is 0. The van der Waals surface area contributed by atoms with Crippen LogP contribution in [0.4, 0.5) is 0 Å². The zero-order valence-corrected chi connectivity index (χ0v) is 9.03. The highest BCUT2D eigenvalue weighted by Crippen LogP contribution is 2.46. The van der Waals surface area contributed by atoms with E-state index in [9.17, 15) is 9.59 Å². The van der Waals surface area contributed by atoms with Gasteiger partial charge in [-0.15, -0.1) is 0 Å². The molecule has 84 valence electrons. The number of hydrogen-bond donors (Lipinski definition) is 1. The van der Waals surface area contributed by atoms with E-state index in [4.69, 9.17) is 5.73 Å². The minimum absolute atomic E-state index is 0.0527. The van der Waals surface area contributed by atoms with Gasteiger partial charge in [0.1, 0.15) is 5.41 Å². The first kappa shape index (κ1) is 10.4. The molecule has 15 heavy (non-hydrogen) atoms. The second kappa shape index (κ2) is 3.48. The van der Waals surface area contributed by atoms with Crippen molar-refractivity contribution in [3.05, 3.63) is 0 Å². The summed E-state index contributed by atoms with van der Waals surface area (Å²) in [4.78, 5) is 27.2. The van der Waals surface area contributed by atoms with E-state index in [1.54, 1.807) is 4.90 Å². The zero-order chi connectivity index (χ0) is 11.1. The summed E-state index contributed by atoms with van der Waals surface area (Å²) in [7, 11) is 2.03. The molecule has 2 rings (SSSR count). The Hall–Kier alpha value is -1.10. The summed E-state index contributed by atoms with van der Waals surface area (Å²) in [5.74, 6) is -0.505. The first-order chi connectivity index (χ1) is 7.06. The molecule has 2 fully saturated rings. The predicted molar refractivity (Wildman–Crippen MR) is 54.9 cm³/mol. The van der Waals surface area contributed by atoms with Gasteiger partial charge in [-0.3, -0.25) is 9.59 Å². The topological polar surface area (TPSA) is 66.6 Å². The Morgan fingerprint density at radius 1 is 1.13 bits per heavy atom. The van der Waals surface area contributed by atoms with Gasteiger partial charge in [-0.1, -0.05) is 0 Å². The number of nitrogens with two attached hydrogens (primary N) is 1. The van der Waals surface area contributed by atoms with Gasteiger partial charge in [0.2, 0.25) is 11.8 Å². The summed E-state index contributed by atoms with van der Waals surface area (Å²) in [6, 6.07) is 0. The van der Waals surface area contributed by atoms with Crippen LogP contribution in [-0.2, 0) is 9.59 Å². The van der Waals surface area contributed by atoms with E-state index in [0.717, 1.165) is 13.1 Å². The third-order valence-corrected chi connectivity index (χ3v) is 3.42. The molecule has 1 saturated carbocycles. The SMILES string of the molecule is CN1CCN(C(=O)C2(C(N)=O)CC2)CC1. The Morgan fingerprint density at radius 3 is 2.07 bits per heavy atom. The van der Waals surface area contributed by atoms with Crippen molar-refractivity contribution < 1.29 is 9.59 Å². The summed E-state index contributed by atoms with van der Waals surface area (Å²) in [5.41, 5.74) is 4.43. The molecule has 0 atom stereocenters. The second-order valence-corrected chi connectivity index (χ2v) is 4.54. The van der Waals surface area contributed by atoms with E-state index in [-0.39, 0.29) is 5.91 Å². The third-order valence-electron chi connectivity index (χ3n) is 3.42. The van der Waals surface area contributed by atoms with Crippen LogP contribution in [0, 0.1) is 5.41 Å². The van der Waals surface area contributed by atoms with E-state index in [1.807, 2.05) is 7.05 Å². The first-order valence-electron chi connectivity index (χ1n) is 5.34. The molecule has 0 aromatic heterocycles. The standard InChI is InChI=1S/C10H17N3O2/c1-12-4-6-13(7-5-12)9(15)10(2-3-10)8(11)14/h2-7H2,1H3,(H2,11,14). The molecule has 0 aromatic carbocycles. The molecule has 2 N–H and O–H groups in total. The molecule has 1 aliphatic heterocycles. The van der Waals surface area contributed by atoms with Crippen LogP contribution in [0.5, 0.6) is 0 Å².